The second-order valence-electron chi connectivity index (χ2n) is 6.81. The summed E-state index contributed by atoms with van der Waals surface area (Å²) < 4.78 is 2.58. The van der Waals surface area contributed by atoms with Gasteiger partial charge in [-0.1, -0.05) is 46.3 Å². The smallest absolute Gasteiger partial charge is 0.251 e. The third-order valence-electron chi connectivity index (χ3n) is 4.97. The van der Waals surface area contributed by atoms with E-state index in [0.717, 1.165) is 21.3 Å². The number of hydrogen-bond donors (Lipinski definition) is 2. The van der Waals surface area contributed by atoms with Crippen molar-refractivity contribution in [3.05, 3.63) is 81.5 Å². The molecule has 2 aromatic carbocycles. The molecule has 0 saturated carbocycles. The zero-order valence-electron chi connectivity index (χ0n) is 15.4. The van der Waals surface area contributed by atoms with Crippen LogP contribution in [0.1, 0.15) is 33.1 Å². The van der Waals surface area contributed by atoms with Gasteiger partial charge in [0, 0.05) is 28.6 Å². The van der Waals surface area contributed by atoms with Gasteiger partial charge in [-0.2, -0.15) is 5.10 Å². The van der Waals surface area contributed by atoms with Gasteiger partial charge in [-0.3, -0.25) is 14.3 Å². The van der Waals surface area contributed by atoms with E-state index in [1.165, 1.54) is 0 Å². The first-order valence-electron chi connectivity index (χ1n) is 8.91. The first kappa shape index (κ1) is 18.4. The molecule has 0 spiro atoms. The van der Waals surface area contributed by atoms with Gasteiger partial charge in [-0.05, 0) is 36.8 Å². The summed E-state index contributed by atoms with van der Waals surface area (Å²) in [5.41, 5.74) is 3.18. The summed E-state index contributed by atoms with van der Waals surface area (Å²) in [6.45, 7) is 1.91. The van der Waals surface area contributed by atoms with Crippen molar-refractivity contribution in [1.29, 1.82) is 0 Å². The molecule has 0 saturated heterocycles. The van der Waals surface area contributed by atoms with Crippen molar-refractivity contribution < 1.29 is 9.59 Å². The second-order valence-corrected chi connectivity index (χ2v) is 7.73. The Morgan fingerprint density at radius 1 is 1.18 bits per heavy atom. The lowest BCUT2D eigenvalue weighted by molar-refractivity contribution is -0.118. The Hall–Kier alpha value is -2.93. The van der Waals surface area contributed by atoms with Crippen molar-refractivity contribution >= 4 is 33.6 Å². The normalized spacial score (nSPS) is 18.3. The van der Waals surface area contributed by atoms with Gasteiger partial charge in [-0.15, -0.1) is 0 Å². The number of anilines is 1. The Balaban J connectivity index is 1.80. The summed E-state index contributed by atoms with van der Waals surface area (Å²) in [4.78, 5) is 25.8. The third-order valence-corrected chi connectivity index (χ3v) is 5.46. The monoisotopic (exact) mass is 438 g/mol. The number of aromatic nitrogens is 2. The van der Waals surface area contributed by atoms with E-state index in [2.05, 4.69) is 31.7 Å². The van der Waals surface area contributed by atoms with Crippen molar-refractivity contribution in [1.82, 2.24) is 15.1 Å². The summed E-state index contributed by atoms with van der Waals surface area (Å²) in [7, 11) is 1.80. The van der Waals surface area contributed by atoms with Crippen LogP contribution in [0.4, 0.5) is 5.82 Å². The van der Waals surface area contributed by atoms with E-state index in [1.54, 1.807) is 36.0 Å². The minimum atomic E-state index is -0.752. The standard InChI is InChI=1S/C21H19BrN4O2/c1-12-16-17(14-9-6-10-15(22)11-14)18(21(28)24-19(16)26(2)25-12)23-20(27)13-7-4-3-5-8-13/h3-11,17-18H,1-2H3,(H,23,27)(H,24,28)/t17-,18+/m1/s1. The molecule has 0 bridgehead atoms. The Kier molecular flexibility index (Phi) is 4.77. The zero-order chi connectivity index (χ0) is 19.8. The van der Waals surface area contributed by atoms with E-state index < -0.39 is 6.04 Å². The summed E-state index contributed by atoms with van der Waals surface area (Å²) >= 11 is 3.51. The van der Waals surface area contributed by atoms with Crippen LogP contribution in [0.3, 0.4) is 0 Å². The predicted octanol–water partition coefficient (Wildman–Crippen LogP) is 3.37. The van der Waals surface area contributed by atoms with Crippen LogP contribution in [0.25, 0.3) is 0 Å². The Labute approximate surface area is 171 Å². The number of hydrogen-bond acceptors (Lipinski definition) is 3. The number of carbonyl (C=O) groups is 2. The number of halogens is 1. The third kappa shape index (κ3) is 3.22. The molecule has 4 rings (SSSR count). The van der Waals surface area contributed by atoms with E-state index >= 15 is 0 Å². The lowest BCUT2D eigenvalue weighted by Gasteiger charge is -2.32. The lowest BCUT2D eigenvalue weighted by atomic mass is 9.82. The summed E-state index contributed by atoms with van der Waals surface area (Å²) in [5.74, 6) is -0.226. The number of amides is 2. The molecule has 142 valence electrons. The van der Waals surface area contributed by atoms with Crippen molar-refractivity contribution in [2.45, 2.75) is 18.9 Å². The van der Waals surface area contributed by atoms with Gasteiger partial charge in [0.1, 0.15) is 11.9 Å². The minimum Gasteiger partial charge on any atom is -0.339 e. The molecule has 0 aliphatic carbocycles. The quantitative estimate of drug-likeness (QED) is 0.657. The highest BCUT2D eigenvalue weighted by Crippen LogP contribution is 2.39. The number of fused-ring (bicyclic) bond motifs is 1. The van der Waals surface area contributed by atoms with E-state index in [1.807, 2.05) is 37.3 Å². The van der Waals surface area contributed by atoms with Gasteiger partial charge in [0.15, 0.2) is 0 Å². The minimum absolute atomic E-state index is 0.259. The first-order chi connectivity index (χ1) is 13.5. The first-order valence-corrected chi connectivity index (χ1v) is 9.70. The number of aryl methyl sites for hydroxylation is 2. The van der Waals surface area contributed by atoms with Crippen LogP contribution in [-0.2, 0) is 11.8 Å². The van der Waals surface area contributed by atoms with Crippen LogP contribution < -0.4 is 10.6 Å². The highest BCUT2D eigenvalue weighted by molar-refractivity contribution is 9.10. The summed E-state index contributed by atoms with van der Waals surface area (Å²) in [6.07, 6.45) is 0. The molecular weight excluding hydrogens is 420 g/mol. The maximum atomic E-state index is 13.0. The number of rotatable bonds is 3. The van der Waals surface area contributed by atoms with E-state index in [4.69, 9.17) is 0 Å². The van der Waals surface area contributed by atoms with Crippen molar-refractivity contribution in [3.63, 3.8) is 0 Å². The molecule has 2 N–H and O–H groups in total. The molecular formula is C21H19BrN4O2. The fourth-order valence-corrected chi connectivity index (χ4v) is 4.15. The van der Waals surface area contributed by atoms with Gasteiger partial charge in [-0.25, -0.2) is 0 Å². The molecule has 1 aliphatic heterocycles. The maximum Gasteiger partial charge on any atom is 0.251 e. The van der Waals surface area contributed by atoms with Crippen LogP contribution in [0.15, 0.2) is 59.1 Å². The average molecular weight is 439 g/mol. The Morgan fingerprint density at radius 3 is 2.64 bits per heavy atom. The number of benzene rings is 2. The molecule has 28 heavy (non-hydrogen) atoms. The van der Waals surface area contributed by atoms with Crippen LogP contribution in [0.2, 0.25) is 0 Å². The molecule has 3 aromatic rings. The van der Waals surface area contributed by atoms with Crippen LogP contribution in [-0.4, -0.2) is 27.6 Å². The van der Waals surface area contributed by atoms with Gasteiger partial charge in [0.25, 0.3) is 5.91 Å². The molecule has 1 aliphatic rings. The van der Waals surface area contributed by atoms with Crippen LogP contribution in [0, 0.1) is 6.92 Å². The fraction of sp³-hybridized carbons (Fsp3) is 0.190. The molecule has 0 radical (unpaired) electrons. The van der Waals surface area contributed by atoms with E-state index in [0.29, 0.717) is 11.4 Å². The van der Waals surface area contributed by atoms with Gasteiger partial charge in [0.2, 0.25) is 5.91 Å². The van der Waals surface area contributed by atoms with Crippen LogP contribution >= 0.6 is 15.9 Å². The molecule has 2 heterocycles. The Bertz CT molecular complexity index is 1060. The van der Waals surface area contributed by atoms with Gasteiger partial charge >= 0.3 is 0 Å². The predicted molar refractivity (Wildman–Crippen MR) is 110 cm³/mol. The molecule has 6 nitrogen and oxygen atoms in total. The molecule has 2 atom stereocenters. The van der Waals surface area contributed by atoms with Gasteiger partial charge in [0.05, 0.1) is 5.69 Å². The number of carbonyl (C=O) groups excluding carboxylic acids is 2. The van der Waals surface area contributed by atoms with Crippen molar-refractivity contribution in [2.24, 2.45) is 7.05 Å². The average Bonchev–Trinajstić information content (AvgIpc) is 2.96. The largest absolute Gasteiger partial charge is 0.339 e. The molecule has 1 aromatic heterocycles. The topological polar surface area (TPSA) is 76.0 Å². The molecule has 0 unspecified atom stereocenters. The van der Waals surface area contributed by atoms with Gasteiger partial charge < -0.3 is 10.6 Å². The lowest BCUT2D eigenvalue weighted by Crippen LogP contribution is -2.50. The summed E-state index contributed by atoms with van der Waals surface area (Å²) in [6, 6.07) is 15.9. The zero-order valence-corrected chi connectivity index (χ0v) is 17.0. The van der Waals surface area contributed by atoms with Crippen molar-refractivity contribution in [2.75, 3.05) is 5.32 Å². The highest BCUT2D eigenvalue weighted by Gasteiger charge is 2.41. The molecule has 2 amide bonds. The molecule has 7 heteroatoms. The van der Waals surface area contributed by atoms with Crippen LogP contribution in [0.5, 0.6) is 0 Å². The molecule has 0 fully saturated rings. The maximum absolute atomic E-state index is 13.0. The summed E-state index contributed by atoms with van der Waals surface area (Å²) in [5, 5.41) is 10.3. The highest BCUT2D eigenvalue weighted by atomic mass is 79.9. The Morgan fingerprint density at radius 2 is 1.93 bits per heavy atom. The van der Waals surface area contributed by atoms with E-state index in [9.17, 15) is 9.59 Å². The fourth-order valence-electron chi connectivity index (χ4n) is 3.73. The number of nitrogens with one attached hydrogen (secondary N) is 2. The van der Waals surface area contributed by atoms with E-state index in [-0.39, 0.29) is 17.7 Å². The second kappa shape index (κ2) is 7.24. The SMILES string of the molecule is Cc1nn(C)c2c1[C@@H](c1cccc(Br)c1)[C@H](NC(=O)c1ccccc1)C(=O)N2. The number of nitrogens with zero attached hydrogens (tertiary/aromatic N) is 2. The van der Waals surface area contributed by atoms with Crippen molar-refractivity contribution in [3.8, 4) is 0 Å².